The summed E-state index contributed by atoms with van der Waals surface area (Å²) >= 11 is 3.27. The van der Waals surface area contributed by atoms with Crippen molar-refractivity contribution in [3.63, 3.8) is 0 Å². The van der Waals surface area contributed by atoms with Gasteiger partial charge in [0.2, 0.25) is 0 Å². The number of benzene rings is 1. The SMILES string of the molecule is CC1CCC(C(O)Cc2ccc(Br)cc2F)(N(C)C)CC1. The third kappa shape index (κ3) is 3.66. The lowest BCUT2D eigenvalue weighted by Crippen LogP contribution is -2.56. The van der Waals surface area contributed by atoms with Crippen molar-refractivity contribution in [1.29, 1.82) is 0 Å². The second kappa shape index (κ2) is 6.76. The van der Waals surface area contributed by atoms with E-state index in [9.17, 15) is 9.50 Å². The molecular weight excluding hydrogens is 333 g/mol. The number of aliphatic hydroxyl groups is 1. The van der Waals surface area contributed by atoms with Crippen LogP contribution >= 0.6 is 15.9 Å². The molecule has 0 bridgehead atoms. The Labute approximate surface area is 135 Å². The largest absolute Gasteiger partial charge is 0.391 e. The normalized spacial score (nSPS) is 27.9. The molecule has 1 saturated carbocycles. The first-order chi connectivity index (χ1) is 9.85. The van der Waals surface area contributed by atoms with E-state index in [4.69, 9.17) is 0 Å². The number of aliphatic hydroxyl groups excluding tert-OH is 1. The minimum absolute atomic E-state index is 0.230. The molecule has 0 amide bonds. The van der Waals surface area contributed by atoms with Gasteiger partial charge in [-0.25, -0.2) is 4.39 Å². The summed E-state index contributed by atoms with van der Waals surface area (Å²) in [6.07, 6.45) is 4.01. The maximum absolute atomic E-state index is 14.0. The van der Waals surface area contributed by atoms with Crippen LogP contribution in [0.4, 0.5) is 4.39 Å². The highest BCUT2D eigenvalue weighted by Gasteiger charge is 2.42. The Morgan fingerprint density at radius 1 is 1.38 bits per heavy atom. The molecule has 1 aliphatic rings. The molecule has 1 aliphatic carbocycles. The Morgan fingerprint density at radius 2 is 2.00 bits per heavy atom. The minimum atomic E-state index is -0.546. The molecule has 1 fully saturated rings. The summed E-state index contributed by atoms with van der Waals surface area (Å²) < 4.78 is 14.7. The number of likely N-dealkylation sites (N-methyl/N-ethyl adjacent to an activating group) is 1. The Bertz CT molecular complexity index is 484. The second-order valence-electron chi connectivity index (χ2n) is 6.64. The van der Waals surface area contributed by atoms with Crippen molar-refractivity contribution in [3.8, 4) is 0 Å². The third-order valence-corrected chi connectivity index (χ3v) is 5.57. The molecule has 0 heterocycles. The molecule has 0 aliphatic heterocycles. The van der Waals surface area contributed by atoms with Gasteiger partial charge in [0.25, 0.3) is 0 Å². The molecule has 2 rings (SSSR count). The third-order valence-electron chi connectivity index (χ3n) is 5.08. The summed E-state index contributed by atoms with van der Waals surface area (Å²) in [6.45, 7) is 2.26. The van der Waals surface area contributed by atoms with E-state index in [0.717, 1.165) is 36.1 Å². The average molecular weight is 358 g/mol. The quantitative estimate of drug-likeness (QED) is 0.879. The summed E-state index contributed by atoms with van der Waals surface area (Å²) in [5, 5.41) is 10.8. The first-order valence-corrected chi connectivity index (χ1v) is 8.44. The van der Waals surface area contributed by atoms with E-state index in [1.165, 1.54) is 6.07 Å². The van der Waals surface area contributed by atoms with E-state index < -0.39 is 6.10 Å². The van der Waals surface area contributed by atoms with Crippen molar-refractivity contribution in [3.05, 3.63) is 34.1 Å². The smallest absolute Gasteiger partial charge is 0.127 e. The summed E-state index contributed by atoms with van der Waals surface area (Å²) in [5.41, 5.74) is 0.358. The minimum Gasteiger partial charge on any atom is -0.391 e. The first kappa shape index (κ1) is 16.9. The van der Waals surface area contributed by atoms with Crippen LogP contribution in [0.2, 0.25) is 0 Å². The van der Waals surface area contributed by atoms with Gasteiger partial charge in [0, 0.05) is 16.4 Å². The zero-order valence-corrected chi connectivity index (χ0v) is 14.7. The van der Waals surface area contributed by atoms with Gasteiger partial charge in [0.1, 0.15) is 5.82 Å². The van der Waals surface area contributed by atoms with Crippen LogP contribution in [0.1, 0.15) is 38.2 Å². The topological polar surface area (TPSA) is 23.5 Å². The van der Waals surface area contributed by atoms with Gasteiger partial charge in [-0.15, -0.1) is 0 Å². The first-order valence-electron chi connectivity index (χ1n) is 7.64. The lowest BCUT2D eigenvalue weighted by atomic mass is 9.72. The molecule has 1 aromatic rings. The molecule has 0 aromatic heterocycles. The van der Waals surface area contributed by atoms with Gasteiger partial charge in [-0.2, -0.15) is 0 Å². The summed E-state index contributed by atoms with van der Waals surface area (Å²) in [5.74, 6) is 0.469. The fourth-order valence-electron chi connectivity index (χ4n) is 3.43. The van der Waals surface area contributed by atoms with Crippen LogP contribution in [0, 0.1) is 11.7 Å². The summed E-state index contributed by atoms with van der Waals surface area (Å²) in [4.78, 5) is 2.14. The Kier molecular flexibility index (Phi) is 5.44. The van der Waals surface area contributed by atoms with E-state index >= 15 is 0 Å². The van der Waals surface area contributed by atoms with Crippen LogP contribution in [0.5, 0.6) is 0 Å². The highest BCUT2D eigenvalue weighted by atomic mass is 79.9. The molecule has 0 spiro atoms. The van der Waals surface area contributed by atoms with Crippen molar-refractivity contribution in [1.82, 2.24) is 4.90 Å². The van der Waals surface area contributed by atoms with Crippen LogP contribution in [-0.2, 0) is 6.42 Å². The summed E-state index contributed by atoms with van der Waals surface area (Å²) in [6, 6.07) is 5.06. The van der Waals surface area contributed by atoms with E-state index in [0.29, 0.717) is 12.0 Å². The lowest BCUT2D eigenvalue weighted by molar-refractivity contribution is -0.0385. The number of rotatable bonds is 4. The zero-order valence-electron chi connectivity index (χ0n) is 13.1. The van der Waals surface area contributed by atoms with Gasteiger partial charge in [0.15, 0.2) is 0 Å². The van der Waals surface area contributed by atoms with Crippen molar-refractivity contribution in [2.75, 3.05) is 14.1 Å². The Morgan fingerprint density at radius 3 is 2.52 bits per heavy atom. The Hall–Kier alpha value is -0.450. The fourth-order valence-corrected chi connectivity index (χ4v) is 3.76. The molecule has 1 N–H and O–H groups in total. The molecular formula is C17H25BrFNO. The van der Waals surface area contributed by atoms with Gasteiger partial charge in [-0.05, 0) is 63.4 Å². The van der Waals surface area contributed by atoms with Crippen molar-refractivity contribution in [2.45, 2.75) is 50.7 Å². The zero-order chi connectivity index (χ0) is 15.6. The second-order valence-corrected chi connectivity index (χ2v) is 7.55. The monoisotopic (exact) mass is 357 g/mol. The highest BCUT2D eigenvalue weighted by Crippen LogP contribution is 2.38. The maximum atomic E-state index is 14.0. The van der Waals surface area contributed by atoms with Gasteiger partial charge >= 0.3 is 0 Å². The number of nitrogens with zero attached hydrogens (tertiary/aromatic N) is 1. The van der Waals surface area contributed by atoms with Gasteiger partial charge < -0.3 is 10.0 Å². The summed E-state index contributed by atoms with van der Waals surface area (Å²) in [7, 11) is 4.05. The van der Waals surface area contributed by atoms with E-state index in [1.54, 1.807) is 6.07 Å². The predicted octanol–water partition coefficient (Wildman–Crippen LogP) is 4.00. The molecule has 0 radical (unpaired) electrons. The van der Waals surface area contributed by atoms with Crippen LogP contribution < -0.4 is 0 Å². The molecule has 2 nitrogen and oxygen atoms in total. The standard InChI is InChI=1S/C17H25BrFNO/c1-12-6-8-17(9-7-12,20(2)3)16(21)10-13-4-5-14(18)11-15(13)19/h4-5,11-12,16,21H,6-10H2,1-3H3. The van der Waals surface area contributed by atoms with Crippen molar-refractivity contribution < 1.29 is 9.50 Å². The number of hydrogen-bond donors (Lipinski definition) is 1. The molecule has 4 heteroatoms. The lowest BCUT2D eigenvalue weighted by Gasteiger charge is -2.47. The molecule has 1 atom stereocenters. The van der Waals surface area contributed by atoms with Crippen molar-refractivity contribution in [2.24, 2.45) is 5.92 Å². The van der Waals surface area contributed by atoms with Gasteiger partial charge in [-0.1, -0.05) is 28.9 Å². The fraction of sp³-hybridized carbons (Fsp3) is 0.647. The predicted molar refractivity (Wildman–Crippen MR) is 87.9 cm³/mol. The highest BCUT2D eigenvalue weighted by molar-refractivity contribution is 9.10. The van der Waals surface area contributed by atoms with Crippen molar-refractivity contribution >= 4 is 15.9 Å². The van der Waals surface area contributed by atoms with Gasteiger partial charge in [0.05, 0.1) is 6.10 Å². The van der Waals surface area contributed by atoms with E-state index in [1.807, 2.05) is 20.2 Å². The molecule has 118 valence electrons. The van der Waals surface area contributed by atoms with Crippen LogP contribution in [-0.4, -0.2) is 35.7 Å². The van der Waals surface area contributed by atoms with E-state index in [-0.39, 0.29) is 11.4 Å². The van der Waals surface area contributed by atoms with Crippen LogP contribution in [0.15, 0.2) is 22.7 Å². The van der Waals surface area contributed by atoms with E-state index in [2.05, 4.69) is 27.8 Å². The van der Waals surface area contributed by atoms with Crippen LogP contribution in [0.3, 0.4) is 0 Å². The molecule has 1 unspecified atom stereocenters. The van der Waals surface area contributed by atoms with Crippen LogP contribution in [0.25, 0.3) is 0 Å². The Balaban J connectivity index is 2.17. The molecule has 0 saturated heterocycles. The van der Waals surface area contributed by atoms with Gasteiger partial charge in [-0.3, -0.25) is 0 Å². The molecule has 1 aromatic carbocycles. The number of hydrogen-bond acceptors (Lipinski definition) is 2. The maximum Gasteiger partial charge on any atom is 0.127 e. The molecule has 21 heavy (non-hydrogen) atoms. The average Bonchev–Trinajstić information content (AvgIpc) is 2.42. The number of halogens is 2.